The van der Waals surface area contributed by atoms with E-state index < -0.39 is 0 Å². The summed E-state index contributed by atoms with van der Waals surface area (Å²) < 4.78 is 5.88. The first-order valence-electron chi connectivity index (χ1n) is 5.99. The van der Waals surface area contributed by atoms with Gasteiger partial charge in [-0.05, 0) is 31.2 Å². The number of nitriles is 1. The van der Waals surface area contributed by atoms with Gasteiger partial charge in [0.25, 0.3) is 0 Å². The minimum atomic E-state index is 0.609. The van der Waals surface area contributed by atoms with Crippen LogP contribution in [0.2, 0.25) is 0 Å². The Morgan fingerprint density at radius 3 is 2.74 bits per heavy atom. The Labute approximate surface area is 110 Å². The molecule has 2 N–H and O–H groups in total. The molecule has 0 aliphatic carbocycles. The van der Waals surface area contributed by atoms with Crippen molar-refractivity contribution >= 4 is 16.7 Å². The van der Waals surface area contributed by atoms with Crippen molar-refractivity contribution in [3.8, 4) is 17.4 Å². The third-order valence-electron chi connectivity index (χ3n) is 3.25. The molecular formula is C16H12N2O. The third-order valence-corrected chi connectivity index (χ3v) is 3.25. The van der Waals surface area contributed by atoms with Crippen LogP contribution in [0.5, 0.6) is 0 Å². The molecule has 19 heavy (non-hydrogen) atoms. The minimum Gasteiger partial charge on any atom is -0.456 e. The fraction of sp³-hybridized carbons (Fsp3) is 0.0625. The summed E-state index contributed by atoms with van der Waals surface area (Å²) in [5.74, 6) is 0.734. The number of anilines is 1. The van der Waals surface area contributed by atoms with Gasteiger partial charge in [-0.2, -0.15) is 5.26 Å². The Morgan fingerprint density at radius 2 is 1.95 bits per heavy atom. The molecule has 1 heterocycles. The summed E-state index contributed by atoms with van der Waals surface area (Å²) in [6.07, 6.45) is 0. The molecule has 3 aromatic rings. The molecule has 92 valence electrons. The summed E-state index contributed by atoms with van der Waals surface area (Å²) in [7, 11) is 0. The lowest BCUT2D eigenvalue weighted by Gasteiger charge is -2.00. The van der Waals surface area contributed by atoms with E-state index in [0.717, 1.165) is 27.9 Å². The molecule has 0 aliphatic rings. The van der Waals surface area contributed by atoms with Gasteiger partial charge in [0, 0.05) is 28.3 Å². The second-order valence-electron chi connectivity index (χ2n) is 4.47. The highest BCUT2D eigenvalue weighted by atomic mass is 16.3. The van der Waals surface area contributed by atoms with Crippen LogP contribution in [0, 0.1) is 18.3 Å². The van der Waals surface area contributed by atoms with Crippen LogP contribution < -0.4 is 5.73 Å². The van der Waals surface area contributed by atoms with Gasteiger partial charge >= 0.3 is 0 Å². The number of rotatable bonds is 1. The molecule has 3 rings (SSSR count). The highest BCUT2D eigenvalue weighted by Crippen LogP contribution is 2.35. The topological polar surface area (TPSA) is 63.0 Å². The fourth-order valence-corrected chi connectivity index (χ4v) is 2.28. The van der Waals surface area contributed by atoms with E-state index in [1.54, 1.807) is 12.1 Å². The molecule has 0 fully saturated rings. The Hall–Kier alpha value is -2.73. The number of benzene rings is 2. The molecule has 3 heteroatoms. The fourth-order valence-electron chi connectivity index (χ4n) is 2.28. The maximum atomic E-state index is 9.18. The number of furan rings is 1. The summed E-state index contributed by atoms with van der Waals surface area (Å²) in [6.45, 7) is 1.99. The molecular weight excluding hydrogens is 236 g/mol. The van der Waals surface area contributed by atoms with Crippen molar-refractivity contribution < 1.29 is 4.42 Å². The lowest BCUT2D eigenvalue weighted by atomic mass is 10.0. The van der Waals surface area contributed by atoms with Crippen molar-refractivity contribution in [2.45, 2.75) is 6.92 Å². The quantitative estimate of drug-likeness (QED) is 0.665. The highest BCUT2D eigenvalue weighted by molar-refractivity contribution is 5.90. The predicted octanol–water partition coefficient (Wildman–Crippen LogP) is 3.86. The van der Waals surface area contributed by atoms with Crippen molar-refractivity contribution in [2.75, 3.05) is 5.73 Å². The van der Waals surface area contributed by atoms with Crippen molar-refractivity contribution in [2.24, 2.45) is 0 Å². The summed E-state index contributed by atoms with van der Waals surface area (Å²) >= 11 is 0. The van der Waals surface area contributed by atoms with Crippen LogP contribution in [0.4, 0.5) is 5.69 Å². The van der Waals surface area contributed by atoms with Gasteiger partial charge < -0.3 is 10.2 Å². The van der Waals surface area contributed by atoms with E-state index in [9.17, 15) is 5.26 Å². The standard InChI is InChI=1S/C16H12N2O/c1-10-13-7-6-12(18)8-15(13)19-16(10)14-5-3-2-4-11(14)9-17/h2-8H,18H2,1H3. The Balaban J connectivity index is 2.32. The van der Waals surface area contributed by atoms with E-state index >= 15 is 0 Å². The van der Waals surface area contributed by atoms with E-state index in [1.165, 1.54) is 0 Å². The van der Waals surface area contributed by atoms with Gasteiger partial charge in [-0.1, -0.05) is 12.1 Å². The van der Waals surface area contributed by atoms with Crippen molar-refractivity contribution in [1.82, 2.24) is 0 Å². The SMILES string of the molecule is Cc1c(-c2ccccc2C#N)oc2cc(N)ccc12. The van der Waals surface area contributed by atoms with Gasteiger partial charge in [0.1, 0.15) is 11.3 Å². The summed E-state index contributed by atoms with van der Waals surface area (Å²) in [5.41, 5.74) is 9.64. The van der Waals surface area contributed by atoms with Gasteiger partial charge in [-0.15, -0.1) is 0 Å². The van der Waals surface area contributed by atoms with Crippen LogP contribution >= 0.6 is 0 Å². The molecule has 0 amide bonds. The number of nitrogens with two attached hydrogens (primary N) is 1. The first-order valence-corrected chi connectivity index (χ1v) is 5.99. The third kappa shape index (κ3) is 1.74. The molecule has 0 bridgehead atoms. The van der Waals surface area contributed by atoms with E-state index in [1.807, 2.05) is 37.3 Å². The van der Waals surface area contributed by atoms with Crippen LogP contribution in [0.25, 0.3) is 22.3 Å². The molecule has 0 saturated heterocycles. The molecule has 3 nitrogen and oxygen atoms in total. The normalized spacial score (nSPS) is 10.5. The first-order chi connectivity index (χ1) is 9.20. The van der Waals surface area contributed by atoms with Crippen LogP contribution in [0.3, 0.4) is 0 Å². The molecule has 0 atom stereocenters. The van der Waals surface area contributed by atoms with Crippen LogP contribution in [-0.4, -0.2) is 0 Å². The van der Waals surface area contributed by atoms with Gasteiger partial charge in [-0.3, -0.25) is 0 Å². The predicted molar refractivity (Wildman–Crippen MR) is 75.5 cm³/mol. The van der Waals surface area contributed by atoms with Crippen LogP contribution in [0.15, 0.2) is 46.9 Å². The van der Waals surface area contributed by atoms with Gasteiger partial charge in [0.2, 0.25) is 0 Å². The average Bonchev–Trinajstić information content (AvgIpc) is 2.75. The maximum Gasteiger partial charge on any atom is 0.139 e. The zero-order valence-electron chi connectivity index (χ0n) is 10.5. The van der Waals surface area contributed by atoms with Crippen molar-refractivity contribution in [1.29, 1.82) is 5.26 Å². The zero-order valence-corrected chi connectivity index (χ0v) is 10.5. The second kappa shape index (κ2) is 4.18. The van der Waals surface area contributed by atoms with Crippen LogP contribution in [0.1, 0.15) is 11.1 Å². The monoisotopic (exact) mass is 248 g/mol. The number of aryl methyl sites for hydroxylation is 1. The van der Waals surface area contributed by atoms with E-state index in [4.69, 9.17) is 10.2 Å². The summed E-state index contributed by atoms with van der Waals surface area (Å²) in [5, 5.41) is 10.2. The number of nitrogens with zero attached hydrogens (tertiary/aromatic N) is 1. The molecule has 2 aromatic carbocycles. The lowest BCUT2D eigenvalue weighted by Crippen LogP contribution is -1.83. The van der Waals surface area contributed by atoms with E-state index in [2.05, 4.69) is 6.07 Å². The Kier molecular flexibility index (Phi) is 2.50. The highest BCUT2D eigenvalue weighted by Gasteiger charge is 2.15. The van der Waals surface area contributed by atoms with E-state index in [0.29, 0.717) is 11.3 Å². The van der Waals surface area contributed by atoms with Crippen LogP contribution in [-0.2, 0) is 0 Å². The maximum absolute atomic E-state index is 9.18. The first kappa shape index (κ1) is 11.4. The molecule has 0 aliphatic heterocycles. The zero-order chi connectivity index (χ0) is 13.4. The molecule has 0 saturated carbocycles. The second-order valence-corrected chi connectivity index (χ2v) is 4.47. The lowest BCUT2D eigenvalue weighted by molar-refractivity contribution is 0.629. The molecule has 1 aromatic heterocycles. The van der Waals surface area contributed by atoms with Crippen molar-refractivity contribution in [3.63, 3.8) is 0 Å². The number of fused-ring (bicyclic) bond motifs is 1. The molecule has 0 spiro atoms. The number of hydrogen-bond acceptors (Lipinski definition) is 3. The summed E-state index contributed by atoms with van der Waals surface area (Å²) in [4.78, 5) is 0. The van der Waals surface area contributed by atoms with Gasteiger partial charge in [0.15, 0.2) is 0 Å². The Morgan fingerprint density at radius 1 is 1.16 bits per heavy atom. The molecule has 0 radical (unpaired) electrons. The largest absolute Gasteiger partial charge is 0.456 e. The van der Waals surface area contributed by atoms with Gasteiger partial charge in [0.05, 0.1) is 11.6 Å². The smallest absolute Gasteiger partial charge is 0.139 e. The Bertz CT molecular complexity index is 809. The van der Waals surface area contributed by atoms with Crippen molar-refractivity contribution in [3.05, 3.63) is 53.6 Å². The number of hydrogen-bond donors (Lipinski definition) is 1. The number of nitrogen functional groups attached to an aromatic ring is 1. The molecule has 0 unspecified atom stereocenters. The summed E-state index contributed by atoms with van der Waals surface area (Å²) in [6, 6.07) is 15.2. The average molecular weight is 248 g/mol. The van der Waals surface area contributed by atoms with E-state index in [-0.39, 0.29) is 0 Å². The minimum absolute atomic E-state index is 0.609. The van der Waals surface area contributed by atoms with Gasteiger partial charge in [-0.25, -0.2) is 0 Å².